The number of carbonyl (C=O) groups excluding carboxylic acids is 1. The average Bonchev–Trinajstić information content (AvgIpc) is 3.16. The van der Waals surface area contributed by atoms with Crippen LogP contribution in [0.3, 0.4) is 0 Å². The highest BCUT2D eigenvalue weighted by atomic mass is 16.5. The first kappa shape index (κ1) is 23.5. The quantitative estimate of drug-likeness (QED) is 0.674. The summed E-state index contributed by atoms with van der Waals surface area (Å²) in [6.07, 6.45) is 3.09. The van der Waals surface area contributed by atoms with Gasteiger partial charge in [-0.1, -0.05) is 64.0 Å². The molecule has 31 heavy (non-hydrogen) atoms. The fraction of sp³-hybridized carbons (Fsp3) is 0.640. The molecule has 2 aromatic rings. The molecule has 1 aliphatic heterocycles. The Labute approximate surface area is 186 Å². The van der Waals surface area contributed by atoms with Crippen molar-refractivity contribution in [3.8, 4) is 0 Å². The highest BCUT2D eigenvalue weighted by Crippen LogP contribution is 2.23. The molecule has 2 atom stereocenters. The van der Waals surface area contributed by atoms with E-state index in [-0.39, 0.29) is 11.3 Å². The van der Waals surface area contributed by atoms with Gasteiger partial charge in [-0.3, -0.25) is 9.69 Å². The maximum atomic E-state index is 12.4. The van der Waals surface area contributed by atoms with Gasteiger partial charge in [0.25, 0.3) is 0 Å². The molecule has 1 aromatic heterocycles. The second-order valence-corrected chi connectivity index (χ2v) is 10.3. The van der Waals surface area contributed by atoms with Crippen molar-refractivity contribution in [2.75, 3.05) is 13.1 Å². The molecule has 3 rings (SSSR count). The maximum Gasteiger partial charge on any atom is 0.226 e. The third-order valence-corrected chi connectivity index (χ3v) is 5.87. The number of benzene rings is 1. The van der Waals surface area contributed by atoms with Crippen LogP contribution in [-0.2, 0) is 29.7 Å². The summed E-state index contributed by atoms with van der Waals surface area (Å²) in [5.74, 6) is 2.86. The second kappa shape index (κ2) is 10.4. The summed E-state index contributed by atoms with van der Waals surface area (Å²) in [5.41, 5.74) is 2.38. The standard InChI is InChI=1S/C25H38N4O2/c1-18-13-19(2)16-29(15-18)17-21-10-7-6-9-20(21)14-26-22(30)11-8-12-23-27-24(28-31-23)25(3,4)5/h6-7,9-10,18-19H,8,11-17H2,1-5H3,(H,26,30)/t18-,19-/m0/s1. The number of aryl methyl sites for hydroxylation is 1. The van der Waals surface area contributed by atoms with Crippen LogP contribution in [0.25, 0.3) is 0 Å². The molecule has 0 aliphatic carbocycles. The van der Waals surface area contributed by atoms with E-state index in [0.29, 0.717) is 37.5 Å². The minimum Gasteiger partial charge on any atom is -0.352 e. The van der Waals surface area contributed by atoms with Gasteiger partial charge in [-0.25, -0.2) is 0 Å². The Bertz CT molecular complexity index is 845. The minimum atomic E-state index is -0.128. The Balaban J connectivity index is 1.45. The van der Waals surface area contributed by atoms with Crippen LogP contribution in [-0.4, -0.2) is 34.0 Å². The highest BCUT2D eigenvalue weighted by molar-refractivity contribution is 5.75. The summed E-state index contributed by atoms with van der Waals surface area (Å²) < 4.78 is 5.31. The van der Waals surface area contributed by atoms with E-state index in [1.54, 1.807) is 0 Å². The lowest BCUT2D eigenvalue weighted by atomic mass is 9.91. The Kier molecular flexibility index (Phi) is 7.87. The van der Waals surface area contributed by atoms with Gasteiger partial charge < -0.3 is 9.84 Å². The topological polar surface area (TPSA) is 71.3 Å². The number of aromatic nitrogens is 2. The first-order valence-electron chi connectivity index (χ1n) is 11.6. The van der Waals surface area contributed by atoms with E-state index in [1.165, 1.54) is 17.5 Å². The number of hydrogen-bond donors (Lipinski definition) is 1. The van der Waals surface area contributed by atoms with Crippen LogP contribution in [0.4, 0.5) is 0 Å². The monoisotopic (exact) mass is 426 g/mol. The van der Waals surface area contributed by atoms with E-state index in [1.807, 2.05) is 0 Å². The zero-order valence-electron chi connectivity index (χ0n) is 19.8. The first-order chi connectivity index (χ1) is 14.7. The third-order valence-electron chi connectivity index (χ3n) is 5.87. The van der Waals surface area contributed by atoms with Gasteiger partial charge in [-0.15, -0.1) is 0 Å². The van der Waals surface area contributed by atoms with Crippen molar-refractivity contribution in [3.63, 3.8) is 0 Å². The van der Waals surface area contributed by atoms with Crippen molar-refractivity contribution >= 4 is 5.91 Å². The van der Waals surface area contributed by atoms with Gasteiger partial charge in [-0.05, 0) is 35.8 Å². The lowest BCUT2D eigenvalue weighted by molar-refractivity contribution is -0.121. The van der Waals surface area contributed by atoms with Crippen molar-refractivity contribution in [1.82, 2.24) is 20.4 Å². The number of carbonyl (C=O) groups is 1. The molecule has 1 saturated heterocycles. The van der Waals surface area contributed by atoms with E-state index in [9.17, 15) is 4.79 Å². The van der Waals surface area contributed by atoms with Crippen LogP contribution >= 0.6 is 0 Å². The predicted molar refractivity (Wildman–Crippen MR) is 122 cm³/mol. The van der Waals surface area contributed by atoms with Crippen LogP contribution < -0.4 is 5.32 Å². The molecular weight excluding hydrogens is 388 g/mol. The molecule has 6 nitrogen and oxygen atoms in total. The van der Waals surface area contributed by atoms with Crippen LogP contribution in [0.2, 0.25) is 0 Å². The van der Waals surface area contributed by atoms with Gasteiger partial charge in [0.05, 0.1) is 0 Å². The molecule has 1 fully saturated rings. The van der Waals surface area contributed by atoms with E-state index >= 15 is 0 Å². The molecular formula is C25H38N4O2. The molecule has 0 spiro atoms. The van der Waals surface area contributed by atoms with Gasteiger partial charge in [0, 0.05) is 44.4 Å². The van der Waals surface area contributed by atoms with Gasteiger partial charge in [0.1, 0.15) is 0 Å². The van der Waals surface area contributed by atoms with E-state index < -0.39 is 0 Å². The summed E-state index contributed by atoms with van der Waals surface area (Å²) >= 11 is 0. The van der Waals surface area contributed by atoms with E-state index in [2.05, 4.69) is 79.2 Å². The van der Waals surface area contributed by atoms with Gasteiger partial charge in [0.15, 0.2) is 5.82 Å². The Morgan fingerprint density at radius 2 is 1.84 bits per heavy atom. The van der Waals surface area contributed by atoms with Crippen LogP contribution in [0, 0.1) is 11.8 Å². The van der Waals surface area contributed by atoms with E-state index in [0.717, 1.165) is 31.5 Å². The second-order valence-electron chi connectivity index (χ2n) is 10.3. The molecule has 170 valence electrons. The summed E-state index contributed by atoms with van der Waals surface area (Å²) in [6, 6.07) is 8.45. The Morgan fingerprint density at radius 3 is 2.48 bits per heavy atom. The van der Waals surface area contributed by atoms with Crippen LogP contribution in [0.15, 0.2) is 28.8 Å². The van der Waals surface area contributed by atoms with Crippen molar-refractivity contribution in [3.05, 3.63) is 47.1 Å². The zero-order valence-corrected chi connectivity index (χ0v) is 19.8. The van der Waals surface area contributed by atoms with Gasteiger partial charge >= 0.3 is 0 Å². The molecule has 1 aliphatic rings. The van der Waals surface area contributed by atoms with Crippen molar-refractivity contribution in [2.45, 2.75) is 78.8 Å². The number of piperidine rings is 1. The maximum absolute atomic E-state index is 12.4. The predicted octanol–water partition coefficient (Wildman–Crippen LogP) is 4.48. The zero-order chi connectivity index (χ0) is 22.4. The molecule has 0 bridgehead atoms. The van der Waals surface area contributed by atoms with Crippen LogP contribution in [0.5, 0.6) is 0 Å². The molecule has 6 heteroatoms. The van der Waals surface area contributed by atoms with E-state index in [4.69, 9.17) is 4.52 Å². The molecule has 0 saturated carbocycles. The van der Waals surface area contributed by atoms with Crippen molar-refractivity contribution in [2.24, 2.45) is 11.8 Å². The number of amides is 1. The van der Waals surface area contributed by atoms with Crippen molar-refractivity contribution in [1.29, 1.82) is 0 Å². The smallest absolute Gasteiger partial charge is 0.226 e. The molecule has 2 heterocycles. The Morgan fingerprint density at radius 1 is 1.16 bits per heavy atom. The van der Waals surface area contributed by atoms with Gasteiger partial charge in [0.2, 0.25) is 11.8 Å². The summed E-state index contributed by atoms with van der Waals surface area (Å²) in [4.78, 5) is 19.4. The van der Waals surface area contributed by atoms with Crippen molar-refractivity contribution < 1.29 is 9.32 Å². The SMILES string of the molecule is C[C@H]1C[C@H](C)CN(Cc2ccccc2CNC(=O)CCCc2nc(C(C)(C)C)no2)C1. The average molecular weight is 427 g/mol. The number of hydrogen-bond acceptors (Lipinski definition) is 5. The Hall–Kier alpha value is -2.21. The van der Waals surface area contributed by atoms with Crippen LogP contribution in [0.1, 0.15) is 76.7 Å². The summed E-state index contributed by atoms with van der Waals surface area (Å²) in [5, 5.41) is 7.12. The third kappa shape index (κ3) is 7.17. The van der Waals surface area contributed by atoms with Gasteiger partial charge in [-0.2, -0.15) is 4.98 Å². The number of nitrogens with zero attached hydrogens (tertiary/aromatic N) is 3. The highest BCUT2D eigenvalue weighted by Gasteiger charge is 2.23. The normalized spacial score (nSPS) is 20.0. The summed E-state index contributed by atoms with van der Waals surface area (Å²) in [6.45, 7) is 14.7. The molecule has 0 unspecified atom stereocenters. The number of likely N-dealkylation sites (tertiary alicyclic amines) is 1. The lowest BCUT2D eigenvalue weighted by Crippen LogP contribution is -2.38. The largest absolute Gasteiger partial charge is 0.352 e. The minimum absolute atomic E-state index is 0.0607. The first-order valence-corrected chi connectivity index (χ1v) is 11.6. The molecule has 1 N–H and O–H groups in total. The fourth-order valence-corrected chi connectivity index (χ4v) is 4.39. The fourth-order valence-electron chi connectivity index (χ4n) is 4.39. The molecule has 0 radical (unpaired) electrons. The molecule has 1 amide bonds. The number of nitrogens with one attached hydrogen (secondary N) is 1. The summed E-state index contributed by atoms with van der Waals surface area (Å²) in [7, 11) is 0. The number of rotatable bonds is 8. The lowest BCUT2D eigenvalue weighted by Gasteiger charge is -2.35. The molecule has 1 aromatic carbocycles.